The van der Waals surface area contributed by atoms with E-state index in [9.17, 15) is 22.7 Å². The summed E-state index contributed by atoms with van der Waals surface area (Å²) in [7, 11) is -2.71. The fraction of sp³-hybridized carbons (Fsp3) is 0.0500. The fourth-order valence-corrected chi connectivity index (χ4v) is 4.17. The second-order valence-electron chi connectivity index (χ2n) is 6.19. The van der Waals surface area contributed by atoms with Crippen molar-refractivity contribution >= 4 is 50.5 Å². The number of hydrogen-bond donors (Lipinski definition) is 3. The number of phenolic OH excluding ortho intramolecular Hbond substituents is 1. The summed E-state index contributed by atoms with van der Waals surface area (Å²) in [6, 6.07) is 11.6. The third-order valence-corrected chi connectivity index (χ3v) is 6.10. The van der Waals surface area contributed by atoms with E-state index in [-0.39, 0.29) is 31.9 Å². The van der Waals surface area contributed by atoms with Crippen molar-refractivity contribution in [2.75, 3.05) is 17.1 Å². The normalized spacial score (nSPS) is 11.1. The lowest BCUT2D eigenvalue weighted by atomic mass is 10.2. The summed E-state index contributed by atoms with van der Waals surface area (Å²) in [4.78, 5) is 12.2. The average Bonchev–Trinajstić information content (AvgIpc) is 2.72. The minimum Gasteiger partial charge on any atom is -0.506 e. The van der Waals surface area contributed by atoms with Crippen LogP contribution in [0.5, 0.6) is 11.5 Å². The first-order valence-corrected chi connectivity index (χ1v) is 10.8. The van der Waals surface area contributed by atoms with Crippen LogP contribution in [0.3, 0.4) is 0 Å². The number of amides is 1. The van der Waals surface area contributed by atoms with Crippen LogP contribution in [0.1, 0.15) is 10.4 Å². The van der Waals surface area contributed by atoms with Gasteiger partial charge in [-0.15, -0.1) is 0 Å². The van der Waals surface area contributed by atoms with Crippen LogP contribution >= 0.6 is 23.2 Å². The Hall–Kier alpha value is -3.01. The molecular weight excluding hydrogens is 470 g/mol. The van der Waals surface area contributed by atoms with Crippen molar-refractivity contribution in [2.24, 2.45) is 0 Å². The molecule has 0 spiro atoms. The molecule has 3 aromatic rings. The number of hydrogen-bond acceptors (Lipinski definition) is 5. The quantitative estimate of drug-likeness (QED) is 0.340. The number of methoxy groups -OCH3 is 1. The number of nitrogens with one attached hydrogen (secondary N) is 2. The Kier molecular flexibility index (Phi) is 6.59. The van der Waals surface area contributed by atoms with E-state index >= 15 is 0 Å². The van der Waals surface area contributed by atoms with Gasteiger partial charge in [-0.3, -0.25) is 9.52 Å². The summed E-state index contributed by atoms with van der Waals surface area (Å²) < 4.78 is 46.8. The molecule has 162 valence electrons. The van der Waals surface area contributed by atoms with E-state index in [0.29, 0.717) is 5.75 Å². The van der Waals surface area contributed by atoms with E-state index in [1.807, 2.05) is 0 Å². The molecule has 31 heavy (non-hydrogen) atoms. The molecule has 3 rings (SSSR count). The molecular formula is C20H15Cl2FN2O5S. The van der Waals surface area contributed by atoms with E-state index in [2.05, 4.69) is 10.0 Å². The first-order valence-electron chi connectivity index (χ1n) is 8.57. The zero-order valence-corrected chi connectivity index (χ0v) is 18.1. The Labute approximate surface area is 187 Å². The Bertz CT molecular complexity index is 1270. The molecule has 0 heterocycles. The maximum atomic E-state index is 13.7. The van der Waals surface area contributed by atoms with E-state index in [1.165, 1.54) is 13.2 Å². The summed E-state index contributed by atoms with van der Waals surface area (Å²) >= 11 is 11.6. The molecule has 3 aromatic carbocycles. The Morgan fingerprint density at radius 2 is 1.74 bits per heavy atom. The molecule has 1 amide bonds. The van der Waals surface area contributed by atoms with Crippen LogP contribution in [-0.2, 0) is 10.0 Å². The van der Waals surface area contributed by atoms with Gasteiger partial charge in [0.05, 0.1) is 39.0 Å². The number of halogens is 3. The van der Waals surface area contributed by atoms with Gasteiger partial charge in [0, 0.05) is 0 Å². The molecule has 7 nitrogen and oxygen atoms in total. The highest BCUT2D eigenvalue weighted by atomic mass is 35.5. The fourth-order valence-electron chi connectivity index (χ4n) is 2.60. The summed E-state index contributed by atoms with van der Waals surface area (Å²) in [5.41, 5.74) is -0.269. The van der Waals surface area contributed by atoms with Crippen LogP contribution in [0.25, 0.3) is 0 Å². The molecule has 11 heteroatoms. The number of aromatic hydroxyl groups is 1. The molecule has 0 unspecified atom stereocenters. The van der Waals surface area contributed by atoms with Gasteiger partial charge < -0.3 is 15.2 Å². The largest absolute Gasteiger partial charge is 0.506 e. The van der Waals surface area contributed by atoms with Crippen LogP contribution in [0.2, 0.25) is 10.0 Å². The minimum absolute atomic E-state index is 0.120. The van der Waals surface area contributed by atoms with E-state index in [4.69, 9.17) is 27.9 Å². The minimum atomic E-state index is -4.10. The van der Waals surface area contributed by atoms with Crippen LogP contribution in [0.15, 0.2) is 59.5 Å². The molecule has 0 aliphatic heterocycles. The molecule has 0 atom stereocenters. The zero-order chi connectivity index (χ0) is 22.8. The number of rotatable bonds is 6. The van der Waals surface area contributed by atoms with Crippen LogP contribution in [-0.4, -0.2) is 26.5 Å². The molecule has 0 fully saturated rings. The summed E-state index contributed by atoms with van der Waals surface area (Å²) in [5, 5.41) is 12.0. The number of para-hydroxylation sites is 2. The maximum absolute atomic E-state index is 13.7. The zero-order valence-electron chi connectivity index (χ0n) is 15.8. The monoisotopic (exact) mass is 484 g/mol. The average molecular weight is 485 g/mol. The number of anilines is 2. The predicted octanol–water partition coefficient (Wildman–Crippen LogP) is 4.90. The van der Waals surface area contributed by atoms with Gasteiger partial charge in [-0.25, -0.2) is 12.8 Å². The topological polar surface area (TPSA) is 105 Å². The Morgan fingerprint density at radius 1 is 1.03 bits per heavy atom. The van der Waals surface area contributed by atoms with Gasteiger partial charge in [0.25, 0.3) is 15.9 Å². The summed E-state index contributed by atoms with van der Waals surface area (Å²) in [6.45, 7) is 0. The van der Waals surface area contributed by atoms with Crippen molar-refractivity contribution in [3.05, 3.63) is 76.0 Å². The number of phenols is 1. The van der Waals surface area contributed by atoms with Gasteiger partial charge in [0.15, 0.2) is 0 Å². The van der Waals surface area contributed by atoms with Crippen molar-refractivity contribution in [3.63, 3.8) is 0 Å². The second kappa shape index (κ2) is 9.01. The standard InChI is InChI=1S/C20H15Cl2FN2O5S/c1-30-19-5-3-2-4-16(19)25-31(28,29)11-6-7-18(26)17(8-11)24-20(27)12-9-15(23)14(22)10-13(12)21/h2-10,25-26H,1H3,(H,24,27). The van der Waals surface area contributed by atoms with Gasteiger partial charge in [0.1, 0.15) is 17.3 Å². The third kappa shape index (κ3) is 5.01. The number of sulfonamides is 1. The number of carbonyl (C=O) groups excluding carboxylic acids is 1. The lowest BCUT2D eigenvalue weighted by molar-refractivity contribution is 0.102. The maximum Gasteiger partial charge on any atom is 0.262 e. The molecule has 0 radical (unpaired) electrons. The van der Waals surface area contributed by atoms with E-state index < -0.39 is 27.5 Å². The van der Waals surface area contributed by atoms with Crippen LogP contribution in [0, 0.1) is 5.82 Å². The van der Waals surface area contributed by atoms with Crippen LogP contribution < -0.4 is 14.8 Å². The van der Waals surface area contributed by atoms with Gasteiger partial charge in [0.2, 0.25) is 0 Å². The van der Waals surface area contributed by atoms with Crippen molar-refractivity contribution in [2.45, 2.75) is 4.90 Å². The van der Waals surface area contributed by atoms with Crippen molar-refractivity contribution in [3.8, 4) is 11.5 Å². The first kappa shape index (κ1) is 22.7. The van der Waals surface area contributed by atoms with Crippen molar-refractivity contribution in [1.82, 2.24) is 0 Å². The number of benzene rings is 3. The predicted molar refractivity (Wildman–Crippen MR) is 116 cm³/mol. The summed E-state index contributed by atoms with van der Waals surface area (Å²) in [5.74, 6) is -1.84. The molecule has 0 aliphatic carbocycles. The molecule has 0 aromatic heterocycles. The highest BCUT2D eigenvalue weighted by Gasteiger charge is 2.20. The summed E-state index contributed by atoms with van der Waals surface area (Å²) in [6.07, 6.45) is 0. The van der Waals surface area contributed by atoms with E-state index in [0.717, 1.165) is 30.3 Å². The molecule has 0 aliphatic rings. The first-order chi connectivity index (χ1) is 14.6. The molecule has 0 saturated heterocycles. The smallest absolute Gasteiger partial charge is 0.262 e. The second-order valence-corrected chi connectivity index (χ2v) is 8.68. The van der Waals surface area contributed by atoms with E-state index in [1.54, 1.807) is 18.2 Å². The number of carbonyl (C=O) groups is 1. The van der Waals surface area contributed by atoms with Crippen molar-refractivity contribution < 1.29 is 27.4 Å². The highest BCUT2D eigenvalue weighted by molar-refractivity contribution is 7.92. The van der Waals surface area contributed by atoms with Crippen LogP contribution in [0.4, 0.5) is 15.8 Å². The third-order valence-electron chi connectivity index (χ3n) is 4.13. The molecule has 0 bridgehead atoms. The molecule has 0 saturated carbocycles. The van der Waals surface area contributed by atoms with Gasteiger partial charge in [-0.05, 0) is 42.5 Å². The van der Waals surface area contributed by atoms with Gasteiger partial charge >= 0.3 is 0 Å². The number of ether oxygens (including phenoxy) is 1. The lowest BCUT2D eigenvalue weighted by Gasteiger charge is -2.14. The SMILES string of the molecule is COc1ccccc1NS(=O)(=O)c1ccc(O)c(NC(=O)c2cc(F)c(Cl)cc2Cl)c1. The lowest BCUT2D eigenvalue weighted by Crippen LogP contribution is -2.16. The Balaban J connectivity index is 1.91. The van der Waals surface area contributed by atoms with Gasteiger partial charge in [-0.2, -0.15) is 0 Å². The Morgan fingerprint density at radius 3 is 2.45 bits per heavy atom. The van der Waals surface area contributed by atoms with Gasteiger partial charge in [-0.1, -0.05) is 35.3 Å². The molecule has 3 N–H and O–H groups in total. The highest BCUT2D eigenvalue weighted by Crippen LogP contribution is 2.31. The van der Waals surface area contributed by atoms with Crippen molar-refractivity contribution in [1.29, 1.82) is 0 Å².